The molecule has 3 aromatic carbocycles. The lowest BCUT2D eigenvalue weighted by molar-refractivity contribution is -0.122. The molecule has 162 valence electrons. The van der Waals surface area contributed by atoms with Gasteiger partial charge in [0.1, 0.15) is 5.58 Å². The normalized spacial score (nSPS) is 11.8. The number of nitrogens with one attached hydrogen (secondary N) is 1. The van der Waals surface area contributed by atoms with Crippen LogP contribution in [0.1, 0.15) is 29.5 Å². The van der Waals surface area contributed by atoms with Gasteiger partial charge in [-0.1, -0.05) is 42.8 Å². The summed E-state index contributed by atoms with van der Waals surface area (Å²) in [6, 6.07) is 19.2. The highest BCUT2D eigenvalue weighted by molar-refractivity contribution is 6.30. The standard InChI is InChI=1S/C25H19ClFNO4/c1-2-19(31-21-10-6-4-8-18(21)27)25(30)28-22-17-7-3-5-9-20(17)32-24(22)23(29)15-11-13-16(26)14-12-15/h3-14,19H,2H2,1H3,(H,28,30)/t19-/m1/s1. The van der Waals surface area contributed by atoms with E-state index in [1.165, 1.54) is 18.2 Å². The second kappa shape index (κ2) is 9.24. The third-order valence-electron chi connectivity index (χ3n) is 4.93. The number of hydrogen-bond acceptors (Lipinski definition) is 4. The molecule has 1 heterocycles. The second-order valence-electron chi connectivity index (χ2n) is 7.07. The van der Waals surface area contributed by atoms with Crippen molar-refractivity contribution >= 4 is 39.9 Å². The zero-order valence-corrected chi connectivity index (χ0v) is 17.9. The van der Waals surface area contributed by atoms with Gasteiger partial charge in [0, 0.05) is 16.0 Å². The summed E-state index contributed by atoms with van der Waals surface area (Å²) in [5.74, 6) is -1.53. The highest BCUT2D eigenvalue weighted by atomic mass is 35.5. The van der Waals surface area contributed by atoms with Crippen LogP contribution in [0.25, 0.3) is 11.0 Å². The van der Waals surface area contributed by atoms with Crippen LogP contribution in [0.3, 0.4) is 0 Å². The molecule has 4 rings (SSSR count). The van der Waals surface area contributed by atoms with E-state index in [-0.39, 0.29) is 23.6 Å². The number of para-hydroxylation sites is 2. The van der Waals surface area contributed by atoms with Crippen molar-refractivity contribution in [1.29, 1.82) is 0 Å². The molecule has 0 saturated carbocycles. The molecular formula is C25H19ClFNO4. The van der Waals surface area contributed by atoms with E-state index in [0.29, 0.717) is 21.6 Å². The maximum atomic E-state index is 14.0. The second-order valence-corrected chi connectivity index (χ2v) is 7.51. The Morgan fingerprint density at radius 1 is 1.03 bits per heavy atom. The van der Waals surface area contributed by atoms with Gasteiger partial charge < -0.3 is 14.5 Å². The minimum Gasteiger partial charge on any atom is -0.478 e. The fourth-order valence-corrected chi connectivity index (χ4v) is 3.41. The lowest BCUT2D eigenvalue weighted by Gasteiger charge is -2.17. The Bertz CT molecular complexity index is 1280. The fourth-order valence-electron chi connectivity index (χ4n) is 3.28. The van der Waals surface area contributed by atoms with Gasteiger partial charge in [0.15, 0.2) is 23.4 Å². The topological polar surface area (TPSA) is 68.5 Å². The molecule has 0 saturated heterocycles. The molecule has 1 atom stereocenters. The molecule has 4 aromatic rings. The van der Waals surface area contributed by atoms with Crippen molar-refractivity contribution in [3.05, 3.63) is 95.0 Å². The molecule has 1 amide bonds. The van der Waals surface area contributed by atoms with E-state index in [0.717, 1.165) is 0 Å². The molecular weight excluding hydrogens is 433 g/mol. The van der Waals surface area contributed by atoms with Crippen LogP contribution in [0, 0.1) is 5.82 Å². The van der Waals surface area contributed by atoms with Crippen molar-refractivity contribution in [2.24, 2.45) is 0 Å². The average molecular weight is 452 g/mol. The predicted molar refractivity (Wildman–Crippen MR) is 121 cm³/mol. The van der Waals surface area contributed by atoms with Gasteiger partial charge >= 0.3 is 0 Å². The first-order valence-electron chi connectivity index (χ1n) is 10.0. The summed E-state index contributed by atoms with van der Waals surface area (Å²) < 4.78 is 25.4. The Morgan fingerprint density at radius 2 is 1.72 bits per heavy atom. The molecule has 1 N–H and O–H groups in total. The predicted octanol–water partition coefficient (Wildman–Crippen LogP) is 6.25. The summed E-state index contributed by atoms with van der Waals surface area (Å²) in [6.45, 7) is 1.75. The first-order valence-corrected chi connectivity index (χ1v) is 10.4. The van der Waals surface area contributed by atoms with Crippen LogP contribution in [0.15, 0.2) is 77.2 Å². The van der Waals surface area contributed by atoms with E-state index in [1.54, 1.807) is 61.5 Å². The zero-order valence-electron chi connectivity index (χ0n) is 17.1. The number of halogens is 2. The van der Waals surface area contributed by atoms with E-state index >= 15 is 0 Å². The van der Waals surface area contributed by atoms with Gasteiger partial charge in [-0.2, -0.15) is 0 Å². The monoisotopic (exact) mass is 451 g/mol. The van der Waals surface area contributed by atoms with Crippen LogP contribution in [-0.4, -0.2) is 17.8 Å². The minimum atomic E-state index is -0.973. The number of benzene rings is 3. The van der Waals surface area contributed by atoms with Crippen LogP contribution < -0.4 is 10.1 Å². The number of carbonyl (C=O) groups is 2. The SMILES string of the molecule is CC[C@@H](Oc1ccccc1F)C(=O)Nc1c(C(=O)c2ccc(Cl)cc2)oc2ccccc12. The molecule has 5 nitrogen and oxygen atoms in total. The molecule has 0 aliphatic heterocycles. The molecule has 0 radical (unpaired) electrons. The van der Waals surface area contributed by atoms with Crippen LogP contribution in [-0.2, 0) is 4.79 Å². The van der Waals surface area contributed by atoms with Gasteiger partial charge in [-0.25, -0.2) is 4.39 Å². The number of ketones is 1. The van der Waals surface area contributed by atoms with Crippen molar-refractivity contribution in [2.45, 2.75) is 19.4 Å². The molecule has 1 aromatic heterocycles. The van der Waals surface area contributed by atoms with Crippen molar-refractivity contribution in [3.8, 4) is 5.75 Å². The summed E-state index contributed by atoms with van der Waals surface area (Å²) in [5, 5.41) is 3.82. The summed E-state index contributed by atoms with van der Waals surface area (Å²) in [6.07, 6.45) is -0.685. The van der Waals surface area contributed by atoms with Gasteiger partial charge in [0.25, 0.3) is 5.91 Å². The number of hydrogen-bond donors (Lipinski definition) is 1. The summed E-state index contributed by atoms with van der Waals surface area (Å²) in [4.78, 5) is 26.2. The summed E-state index contributed by atoms with van der Waals surface area (Å²) >= 11 is 5.92. The average Bonchev–Trinajstić information content (AvgIpc) is 3.17. The molecule has 0 aliphatic rings. The first-order chi connectivity index (χ1) is 15.5. The van der Waals surface area contributed by atoms with Gasteiger partial charge in [0.05, 0.1) is 5.69 Å². The molecule has 0 fully saturated rings. The minimum absolute atomic E-state index is 0.0115. The lowest BCUT2D eigenvalue weighted by atomic mass is 10.1. The third kappa shape index (κ3) is 4.36. The van der Waals surface area contributed by atoms with E-state index in [4.69, 9.17) is 20.8 Å². The van der Waals surface area contributed by atoms with Crippen molar-refractivity contribution in [2.75, 3.05) is 5.32 Å². The third-order valence-corrected chi connectivity index (χ3v) is 5.18. The summed E-state index contributed by atoms with van der Waals surface area (Å²) in [7, 11) is 0. The van der Waals surface area contributed by atoms with Gasteiger partial charge in [0.2, 0.25) is 5.78 Å². The van der Waals surface area contributed by atoms with Crippen molar-refractivity contribution in [3.63, 3.8) is 0 Å². The number of ether oxygens (including phenoxy) is 1. The maximum absolute atomic E-state index is 14.0. The molecule has 32 heavy (non-hydrogen) atoms. The van der Waals surface area contributed by atoms with Crippen LogP contribution in [0.2, 0.25) is 5.02 Å². The van der Waals surface area contributed by atoms with Crippen molar-refractivity contribution in [1.82, 2.24) is 0 Å². The molecule has 7 heteroatoms. The Labute approximate surface area is 188 Å². The van der Waals surface area contributed by atoms with Gasteiger partial charge in [-0.05, 0) is 55.0 Å². The van der Waals surface area contributed by atoms with Crippen LogP contribution in [0.5, 0.6) is 5.75 Å². The van der Waals surface area contributed by atoms with E-state index in [1.807, 2.05) is 0 Å². The number of anilines is 1. The maximum Gasteiger partial charge on any atom is 0.265 e. The molecule has 0 bridgehead atoms. The number of fused-ring (bicyclic) bond motifs is 1. The Balaban J connectivity index is 1.67. The Kier molecular flexibility index (Phi) is 6.23. The Morgan fingerprint density at radius 3 is 2.44 bits per heavy atom. The van der Waals surface area contributed by atoms with Crippen LogP contribution >= 0.6 is 11.6 Å². The quantitative estimate of drug-likeness (QED) is 0.337. The molecule has 0 aliphatic carbocycles. The lowest BCUT2D eigenvalue weighted by Crippen LogP contribution is -2.33. The smallest absolute Gasteiger partial charge is 0.265 e. The molecule has 0 unspecified atom stereocenters. The largest absolute Gasteiger partial charge is 0.478 e. The van der Waals surface area contributed by atoms with E-state index in [2.05, 4.69) is 5.32 Å². The van der Waals surface area contributed by atoms with Gasteiger partial charge in [-0.3, -0.25) is 9.59 Å². The van der Waals surface area contributed by atoms with Crippen molar-refractivity contribution < 1.29 is 23.1 Å². The number of furan rings is 1. The number of rotatable bonds is 7. The molecule has 0 spiro atoms. The highest BCUT2D eigenvalue weighted by Gasteiger charge is 2.27. The first kappa shape index (κ1) is 21.6. The van der Waals surface area contributed by atoms with Gasteiger partial charge in [-0.15, -0.1) is 0 Å². The fraction of sp³-hybridized carbons (Fsp3) is 0.120. The number of amides is 1. The van der Waals surface area contributed by atoms with E-state index in [9.17, 15) is 14.0 Å². The summed E-state index contributed by atoms with van der Waals surface area (Å²) in [5.41, 5.74) is 1.04. The number of carbonyl (C=O) groups excluding carboxylic acids is 2. The Hall–Kier alpha value is -3.64. The highest BCUT2D eigenvalue weighted by Crippen LogP contribution is 2.33. The zero-order chi connectivity index (χ0) is 22.7. The van der Waals surface area contributed by atoms with E-state index < -0.39 is 23.6 Å². The van der Waals surface area contributed by atoms with Crippen LogP contribution in [0.4, 0.5) is 10.1 Å².